The molecule has 0 unspecified atom stereocenters. The molecule has 3 aromatic carbocycles. The highest BCUT2D eigenvalue weighted by atomic mass is 32.5. The number of hydrogen-bond acceptors (Lipinski definition) is 3. The van der Waals surface area contributed by atoms with Gasteiger partial charge in [0.15, 0.2) is 0 Å². The van der Waals surface area contributed by atoms with Gasteiger partial charge >= 0.3 is 6.72 Å². The Labute approximate surface area is 158 Å². The Morgan fingerprint density at radius 3 is 1.62 bits per heavy atom. The first kappa shape index (κ1) is 18.8. The third-order valence-corrected chi connectivity index (χ3v) is 7.81. The highest BCUT2D eigenvalue weighted by molar-refractivity contribution is 8.17. The summed E-state index contributed by atoms with van der Waals surface area (Å²) >= 11 is 0. The summed E-state index contributed by atoms with van der Waals surface area (Å²) in [5, 5.41) is 0. The van der Waals surface area contributed by atoms with Crippen LogP contribution in [0.15, 0.2) is 95.9 Å². The Morgan fingerprint density at radius 1 is 0.692 bits per heavy atom. The van der Waals surface area contributed by atoms with Crippen molar-refractivity contribution in [3.8, 4) is 11.5 Å². The molecule has 0 aromatic heterocycles. The number of benzene rings is 3. The van der Waals surface area contributed by atoms with Crippen LogP contribution in [-0.2, 0) is 15.5 Å². The molecule has 0 heterocycles. The van der Waals surface area contributed by atoms with E-state index in [0.717, 1.165) is 33.8 Å². The lowest BCUT2D eigenvalue weighted by atomic mass is 10.3. The van der Waals surface area contributed by atoms with Gasteiger partial charge in [-0.1, -0.05) is 72.5 Å². The molecule has 0 bridgehead atoms. The lowest BCUT2D eigenvalue weighted by molar-refractivity contribution is 0.262. The molecule has 0 saturated heterocycles. The molecule has 0 aliphatic heterocycles. The predicted molar refractivity (Wildman–Crippen MR) is 111 cm³/mol. The van der Waals surface area contributed by atoms with E-state index in [1.54, 1.807) is 0 Å². The van der Waals surface area contributed by atoms with Crippen LogP contribution >= 0.6 is 6.72 Å². The third-order valence-electron chi connectivity index (χ3n) is 3.38. The van der Waals surface area contributed by atoms with Crippen LogP contribution in [0.1, 0.15) is 13.3 Å². The SMILES string of the molecule is CCCOP(Oc1ccccc1)(Oc1ccccc1)=[SH]c1ccccc1. The second-order valence-electron chi connectivity index (χ2n) is 5.55. The average molecular weight is 386 g/mol. The monoisotopic (exact) mass is 386 g/mol. The molecule has 0 N–H and O–H groups in total. The quantitative estimate of drug-likeness (QED) is 0.373. The molecule has 0 aliphatic rings. The lowest BCUT2D eigenvalue weighted by Crippen LogP contribution is -2.07. The van der Waals surface area contributed by atoms with Gasteiger partial charge in [-0.3, -0.25) is 4.52 Å². The van der Waals surface area contributed by atoms with Crippen LogP contribution in [0, 0.1) is 0 Å². The Kier molecular flexibility index (Phi) is 6.96. The number of rotatable bonds is 8. The van der Waals surface area contributed by atoms with E-state index in [4.69, 9.17) is 13.6 Å². The zero-order valence-corrected chi connectivity index (χ0v) is 16.5. The molecule has 3 nitrogen and oxygen atoms in total. The summed E-state index contributed by atoms with van der Waals surface area (Å²) in [5.41, 5.74) is 0. The Morgan fingerprint density at radius 2 is 1.15 bits per heavy atom. The molecule has 0 spiro atoms. The van der Waals surface area contributed by atoms with Crippen molar-refractivity contribution in [2.24, 2.45) is 0 Å². The Balaban J connectivity index is 2.05. The van der Waals surface area contributed by atoms with Gasteiger partial charge in [0, 0.05) is 4.90 Å². The average Bonchev–Trinajstić information content (AvgIpc) is 2.69. The van der Waals surface area contributed by atoms with Crippen LogP contribution in [0.2, 0.25) is 0 Å². The van der Waals surface area contributed by atoms with Crippen LogP contribution < -0.4 is 9.05 Å². The maximum absolute atomic E-state index is 6.37. The van der Waals surface area contributed by atoms with Crippen molar-refractivity contribution in [3.05, 3.63) is 91.0 Å². The lowest BCUT2D eigenvalue weighted by Gasteiger charge is -2.26. The molecule has 0 aliphatic carbocycles. The molecule has 0 radical (unpaired) electrons. The molecule has 0 saturated carbocycles. The normalized spacial score (nSPS) is 11.1. The van der Waals surface area contributed by atoms with Gasteiger partial charge in [-0.05, 0) is 42.8 Å². The minimum atomic E-state index is -2.71. The summed E-state index contributed by atoms with van der Waals surface area (Å²) in [7, 11) is 0.891. The molecule has 3 aromatic rings. The van der Waals surface area contributed by atoms with E-state index in [9.17, 15) is 0 Å². The van der Waals surface area contributed by atoms with Crippen LogP contribution in [0.3, 0.4) is 0 Å². The first-order valence-electron chi connectivity index (χ1n) is 8.61. The van der Waals surface area contributed by atoms with Crippen molar-refractivity contribution in [3.63, 3.8) is 0 Å². The Hall–Kier alpha value is -2.00. The molecule has 0 amide bonds. The van der Waals surface area contributed by atoms with Crippen LogP contribution in [0.4, 0.5) is 0 Å². The van der Waals surface area contributed by atoms with E-state index in [1.165, 1.54) is 0 Å². The van der Waals surface area contributed by atoms with Gasteiger partial charge in [0.2, 0.25) is 0 Å². The molecule has 26 heavy (non-hydrogen) atoms. The standard InChI is InChI=1S/C21H23O3PS/c1-2-18-22-25(23-19-12-6-3-7-13-19,24-20-14-8-4-9-15-20)26-21-16-10-5-11-17-21/h3-17,26H,2,18H2,1H3. The van der Waals surface area contributed by atoms with Gasteiger partial charge < -0.3 is 9.05 Å². The summed E-state index contributed by atoms with van der Waals surface area (Å²) in [6.45, 7) is -0.0470. The van der Waals surface area contributed by atoms with E-state index in [-0.39, 0.29) is 0 Å². The predicted octanol–water partition coefficient (Wildman–Crippen LogP) is 6.12. The summed E-state index contributed by atoms with van der Waals surface area (Å²) in [5.74, 6) is 1.49. The second kappa shape index (κ2) is 9.63. The maximum Gasteiger partial charge on any atom is 0.392 e. The molecular formula is C21H23O3PS. The van der Waals surface area contributed by atoms with E-state index in [1.807, 2.05) is 78.9 Å². The summed E-state index contributed by atoms with van der Waals surface area (Å²) in [6.07, 6.45) is 0.891. The zero-order chi connectivity index (χ0) is 18.1. The van der Waals surface area contributed by atoms with Gasteiger partial charge in [0.05, 0.1) is 6.61 Å². The van der Waals surface area contributed by atoms with Gasteiger partial charge in [0.25, 0.3) is 0 Å². The topological polar surface area (TPSA) is 27.7 Å². The maximum atomic E-state index is 6.37. The molecule has 5 heteroatoms. The molecule has 136 valence electrons. The van der Waals surface area contributed by atoms with Gasteiger partial charge in [-0.15, -0.1) is 0 Å². The highest BCUT2D eigenvalue weighted by Crippen LogP contribution is 2.52. The van der Waals surface area contributed by atoms with Crippen molar-refractivity contribution < 1.29 is 13.6 Å². The first-order chi connectivity index (χ1) is 12.8. The van der Waals surface area contributed by atoms with Crippen molar-refractivity contribution in [1.29, 1.82) is 0 Å². The third kappa shape index (κ3) is 5.50. The van der Waals surface area contributed by atoms with Crippen LogP contribution in [0.25, 0.3) is 0 Å². The summed E-state index contributed by atoms with van der Waals surface area (Å²) in [4.78, 5) is 1.10. The van der Waals surface area contributed by atoms with Crippen LogP contribution in [-0.4, -0.2) is 6.61 Å². The number of hydrogen-bond donors (Lipinski definition) is 1. The van der Waals surface area contributed by atoms with E-state index in [2.05, 4.69) is 19.1 Å². The van der Waals surface area contributed by atoms with Crippen molar-refractivity contribution in [1.82, 2.24) is 0 Å². The molecular weight excluding hydrogens is 363 g/mol. The summed E-state index contributed by atoms with van der Waals surface area (Å²) < 4.78 is 19.0. The van der Waals surface area contributed by atoms with Crippen molar-refractivity contribution in [2.75, 3.05) is 6.61 Å². The van der Waals surface area contributed by atoms with Gasteiger partial charge in [-0.2, -0.15) is 0 Å². The smallest absolute Gasteiger partial charge is 0.392 e. The first-order valence-corrected chi connectivity index (χ1v) is 11.8. The Bertz CT molecular complexity index is 793. The highest BCUT2D eigenvalue weighted by Gasteiger charge is 2.25. The number of thiol groups is 1. The van der Waals surface area contributed by atoms with Crippen molar-refractivity contribution in [2.45, 2.75) is 18.2 Å². The minimum Gasteiger partial charge on any atom is -0.419 e. The van der Waals surface area contributed by atoms with E-state index < -0.39 is 6.72 Å². The van der Waals surface area contributed by atoms with E-state index >= 15 is 0 Å². The molecule has 3 rings (SSSR count). The fourth-order valence-corrected chi connectivity index (χ4v) is 6.75. The molecule has 0 atom stereocenters. The zero-order valence-electron chi connectivity index (χ0n) is 14.7. The molecule has 0 fully saturated rings. The van der Waals surface area contributed by atoms with Crippen LogP contribution in [0.5, 0.6) is 11.5 Å². The second-order valence-corrected chi connectivity index (χ2v) is 9.89. The summed E-state index contributed by atoms with van der Waals surface area (Å²) in [6, 6.07) is 29.6. The largest absolute Gasteiger partial charge is 0.419 e. The van der Waals surface area contributed by atoms with Crippen molar-refractivity contribution >= 4 is 17.7 Å². The fourth-order valence-electron chi connectivity index (χ4n) is 2.21. The fraction of sp³-hybridized carbons (Fsp3) is 0.143. The van der Waals surface area contributed by atoms with Gasteiger partial charge in [-0.25, -0.2) is 0 Å². The van der Waals surface area contributed by atoms with E-state index in [0.29, 0.717) is 6.61 Å². The minimum absolute atomic E-state index is 0.577. The van der Waals surface area contributed by atoms with Gasteiger partial charge in [0.1, 0.15) is 11.5 Å². The number of para-hydroxylation sites is 2.